The van der Waals surface area contributed by atoms with Crippen LogP contribution in [0.25, 0.3) is 0 Å². The van der Waals surface area contributed by atoms with E-state index in [1.807, 2.05) is 6.92 Å². The summed E-state index contributed by atoms with van der Waals surface area (Å²) in [5.74, 6) is 0.409. The molecule has 1 amide bonds. The molecule has 76 valence electrons. The molecule has 0 bridgehead atoms. The number of hydrogen-bond acceptors (Lipinski definition) is 3. The van der Waals surface area contributed by atoms with Crippen molar-refractivity contribution in [2.75, 3.05) is 13.2 Å². The molecule has 4 heteroatoms. The fourth-order valence-corrected chi connectivity index (χ4v) is 1.88. The van der Waals surface area contributed by atoms with Crippen LogP contribution in [-0.2, 0) is 9.63 Å². The predicted octanol–water partition coefficient (Wildman–Crippen LogP) is 0.429. The molecule has 2 atom stereocenters. The highest BCUT2D eigenvalue weighted by Crippen LogP contribution is 2.30. The van der Waals surface area contributed by atoms with Crippen LogP contribution in [0.15, 0.2) is 0 Å². The van der Waals surface area contributed by atoms with E-state index in [9.17, 15) is 4.79 Å². The molecule has 13 heavy (non-hydrogen) atoms. The Kier molecular flexibility index (Phi) is 4.18. The van der Waals surface area contributed by atoms with Crippen LogP contribution in [0.5, 0.6) is 0 Å². The maximum absolute atomic E-state index is 11.5. The van der Waals surface area contributed by atoms with Gasteiger partial charge in [-0.05, 0) is 32.2 Å². The molecule has 0 radical (unpaired) electrons. The highest BCUT2D eigenvalue weighted by Gasteiger charge is 2.31. The Hall–Kier alpha value is -0.610. The van der Waals surface area contributed by atoms with E-state index >= 15 is 0 Å². The molecular weight excluding hydrogens is 168 g/mol. The van der Waals surface area contributed by atoms with Gasteiger partial charge in [0.25, 0.3) is 0 Å². The molecule has 1 saturated carbocycles. The molecule has 0 aromatic rings. The third-order valence-corrected chi connectivity index (χ3v) is 2.62. The molecular formula is C9H18N2O2. The predicted molar refractivity (Wildman–Crippen MR) is 49.7 cm³/mol. The smallest absolute Gasteiger partial charge is 0.246 e. The van der Waals surface area contributed by atoms with Crippen molar-refractivity contribution in [3.63, 3.8) is 0 Å². The standard InChI is InChI=1S/C9H18N2O2/c1-2-13-11-9(12)8-5-3-4-7(8)6-10/h7-8H,2-6,10H2,1H3,(H,11,12). The lowest BCUT2D eigenvalue weighted by molar-refractivity contribution is -0.138. The van der Waals surface area contributed by atoms with Crippen molar-refractivity contribution in [2.45, 2.75) is 26.2 Å². The zero-order chi connectivity index (χ0) is 9.68. The molecule has 4 nitrogen and oxygen atoms in total. The van der Waals surface area contributed by atoms with Gasteiger partial charge < -0.3 is 5.73 Å². The summed E-state index contributed by atoms with van der Waals surface area (Å²) in [4.78, 5) is 16.3. The summed E-state index contributed by atoms with van der Waals surface area (Å²) >= 11 is 0. The second kappa shape index (κ2) is 5.19. The maximum Gasteiger partial charge on any atom is 0.246 e. The molecule has 0 saturated heterocycles. The van der Waals surface area contributed by atoms with Gasteiger partial charge in [0.05, 0.1) is 6.61 Å². The van der Waals surface area contributed by atoms with Crippen LogP contribution in [0.2, 0.25) is 0 Å². The fraction of sp³-hybridized carbons (Fsp3) is 0.889. The quantitative estimate of drug-likeness (QED) is 0.626. The van der Waals surface area contributed by atoms with Gasteiger partial charge in [0.15, 0.2) is 0 Å². The normalized spacial score (nSPS) is 27.5. The SMILES string of the molecule is CCONC(=O)C1CCCC1CN. The van der Waals surface area contributed by atoms with Crippen LogP contribution in [0.3, 0.4) is 0 Å². The molecule has 1 rings (SSSR count). The minimum Gasteiger partial charge on any atom is -0.330 e. The van der Waals surface area contributed by atoms with Crippen LogP contribution < -0.4 is 11.2 Å². The molecule has 0 spiro atoms. The van der Waals surface area contributed by atoms with Crippen molar-refractivity contribution >= 4 is 5.91 Å². The molecule has 3 N–H and O–H groups in total. The average Bonchev–Trinajstić information content (AvgIpc) is 2.61. The summed E-state index contributed by atoms with van der Waals surface area (Å²) in [6.07, 6.45) is 3.12. The molecule has 0 aromatic carbocycles. The third kappa shape index (κ3) is 2.67. The Morgan fingerprint density at radius 3 is 3.00 bits per heavy atom. The number of carbonyl (C=O) groups is 1. The molecule has 1 aliphatic rings. The molecule has 2 unspecified atom stereocenters. The summed E-state index contributed by atoms with van der Waals surface area (Å²) in [5.41, 5.74) is 8.01. The van der Waals surface area contributed by atoms with Crippen LogP contribution in [0.4, 0.5) is 0 Å². The Morgan fingerprint density at radius 2 is 2.38 bits per heavy atom. The molecule has 1 aliphatic carbocycles. The second-order valence-corrected chi connectivity index (χ2v) is 3.43. The molecule has 0 aromatic heterocycles. The number of hydroxylamine groups is 1. The Labute approximate surface area is 78.8 Å². The van der Waals surface area contributed by atoms with Crippen molar-refractivity contribution < 1.29 is 9.63 Å². The van der Waals surface area contributed by atoms with E-state index < -0.39 is 0 Å². The van der Waals surface area contributed by atoms with Crippen molar-refractivity contribution in [3.05, 3.63) is 0 Å². The van der Waals surface area contributed by atoms with E-state index in [-0.39, 0.29) is 11.8 Å². The van der Waals surface area contributed by atoms with Gasteiger partial charge in [-0.3, -0.25) is 9.63 Å². The minimum atomic E-state index is -0.00481. The van der Waals surface area contributed by atoms with Crippen LogP contribution in [0.1, 0.15) is 26.2 Å². The number of carbonyl (C=O) groups excluding carboxylic acids is 1. The van der Waals surface area contributed by atoms with E-state index in [1.54, 1.807) is 0 Å². The Balaban J connectivity index is 2.36. The first-order chi connectivity index (χ1) is 6.29. The Bertz CT molecular complexity index is 173. The highest BCUT2D eigenvalue weighted by atomic mass is 16.6. The van der Waals surface area contributed by atoms with Crippen LogP contribution in [0, 0.1) is 11.8 Å². The second-order valence-electron chi connectivity index (χ2n) is 3.43. The van der Waals surface area contributed by atoms with E-state index in [0.717, 1.165) is 19.3 Å². The van der Waals surface area contributed by atoms with Gasteiger partial charge in [0.1, 0.15) is 0 Å². The van der Waals surface area contributed by atoms with Crippen LogP contribution in [-0.4, -0.2) is 19.1 Å². The molecule has 0 aliphatic heterocycles. The zero-order valence-corrected chi connectivity index (χ0v) is 8.08. The first-order valence-electron chi connectivity index (χ1n) is 4.91. The van der Waals surface area contributed by atoms with Crippen molar-refractivity contribution in [3.8, 4) is 0 Å². The summed E-state index contributed by atoms with van der Waals surface area (Å²) in [7, 11) is 0. The highest BCUT2D eigenvalue weighted by molar-refractivity contribution is 5.78. The summed E-state index contributed by atoms with van der Waals surface area (Å²) < 4.78 is 0. The Morgan fingerprint density at radius 1 is 1.62 bits per heavy atom. The number of amides is 1. The van der Waals surface area contributed by atoms with Gasteiger partial charge in [-0.25, -0.2) is 5.48 Å². The first kappa shape index (κ1) is 10.5. The lowest BCUT2D eigenvalue weighted by atomic mass is 9.96. The van der Waals surface area contributed by atoms with Crippen molar-refractivity contribution in [2.24, 2.45) is 17.6 Å². The van der Waals surface area contributed by atoms with Gasteiger partial charge in [0.2, 0.25) is 5.91 Å². The number of nitrogens with one attached hydrogen (secondary N) is 1. The summed E-state index contributed by atoms with van der Waals surface area (Å²) in [6, 6.07) is 0. The van der Waals surface area contributed by atoms with E-state index in [1.165, 1.54) is 0 Å². The van der Waals surface area contributed by atoms with Crippen LogP contribution >= 0.6 is 0 Å². The van der Waals surface area contributed by atoms with Gasteiger partial charge in [-0.1, -0.05) is 6.42 Å². The van der Waals surface area contributed by atoms with E-state index in [0.29, 0.717) is 19.1 Å². The van der Waals surface area contributed by atoms with E-state index in [4.69, 9.17) is 10.6 Å². The first-order valence-corrected chi connectivity index (χ1v) is 4.91. The minimum absolute atomic E-state index is 0.00481. The summed E-state index contributed by atoms with van der Waals surface area (Å²) in [5, 5.41) is 0. The van der Waals surface area contributed by atoms with Gasteiger partial charge >= 0.3 is 0 Å². The van der Waals surface area contributed by atoms with Crippen molar-refractivity contribution in [1.82, 2.24) is 5.48 Å². The van der Waals surface area contributed by atoms with Gasteiger partial charge in [-0.2, -0.15) is 0 Å². The third-order valence-electron chi connectivity index (χ3n) is 2.62. The topological polar surface area (TPSA) is 64.3 Å². The molecule has 1 fully saturated rings. The largest absolute Gasteiger partial charge is 0.330 e. The number of nitrogens with two attached hydrogens (primary N) is 1. The van der Waals surface area contributed by atoms with Gasteiger partial charge in [0, 0.05) is 5.92 Å². The fourth-order valence-electron chi connectivity index (χ4n) is 1.88. The average molecular weight is 186 g/mol. The van der Waals surface area contributed by atoms with Gasteiger partial charge in [-0.15, -0.1) is 0 Å². The lowest BCUT2D eigenvalue weighted by Crippen LogP contribution is -2.35. The number of hydrogen-bond donors (Lipinski definition) is 2. The zero-order valence-electron chi connectivity index (χ0n) is 8.08. The van der Waals surface area contributed by atoms with E-state index in [2.05, 4.69) is 5.48 Å². The van der Waals surface area contributed by atoms with Crippen molar-refractivity contribution in [1.29, 1.82) is 0 Å². The monoisotopic (exact) mass is 186 g/mol. The summed E-state index contributed by atoms with van der Waals surface area (Å²) in [6.45, 7) is 2.95. The molecule has 0 heterocycles. The number of rotatable bonds is 4. The lowest BCUT2D eigenvalue weighted by Gasteiger charge is -2.16. The maximum atomic E-state index is 11.5.